The van der Waals surface area contributed by atoms with E-state index in [1.54, 1.807) is 0 Å². The Balaban J connectivity index is 2.19. The number of nitrogens with zero attached hydrogens (tertiary/aromatic N) is 2. The van der Waals surface area contributed by atoms with Crippen LogP contribution in [0.25, 0.3) is 0 Å². The Hall–Kier alpha value is -4.97. The lowest BCUT2D eigenvalue weighted by atomic mass is 9.28. The minimum atomic E-state index is -6.59. The van der Waals surface area contributed by atoms with Crippen LogP contribution >= 0.6 is 7.52 Å². The quantitative estimate of drug-likeness (QED) is 0.0622. The molecule has 4 nitrogen and oxygen atoms in total. The molecule has 274 valence electrons. The van der Waals surface area contributed by atoms with Crippen LogP contribution in [0.1, 0.15) is 0 Å². The van der Waals surface area contributed by atoms with E-state index in [9.17, 15) is 39.5 Å². The average Bonchev–Trinajstić information content (AvgIpc) is 3.13. The van der Waals surface area contributed by atoms with Gasteiger partial charge in [-0.2, -0.15) is 0 Å². The van der Waals surface area contributed by atoms with Crippen LogP contribution in [0.5, 0.6) is 0 Å². The van der Waals surface area contributed by atoms with E-state index in [2.05, 4.69) is 0 Å². The molecule has 0 N–H and O–H groups in total. The van der Waals surface area contributed by atoms with Gasteiger partial charge in [0, 0.05) is 31.9 Å². The van der Waals surface area contributed by atoms with Crippen molar-refractivity contribution in [2.24, 2.45) is 0 Å². The molecule has 0 aliphatic heterocycles. The number of aromatic nitrogens is 1. The van der Waals surface area contributed by atoms with Crippen molar-refractivity contribution in [2.45, 2.75) is 0 Å². The number of halogens is 15. The van der Waals surface area contributed by atoms with Crippen LogP contribution < -0.4 is 30.9 Å². The van der Waals surface area contributed by atoms with Gasteiger partial charge in [0.1, 0.15) is 40.2 Å². The Morgan fingerprint density at radius 2 is 0.769 bits per heavy atom. The van der Waals surface area contributed by atoms with Crippen molar-refractivity contribution in [2.75, 3.05) is 19.0 Å². The second-order valence-electron chi connectivity index (χ2n) is 11.0. The second kappa shape index (κ2) is 13.5. The molecule has 1 heterocycles. The second-order valence-corrected chi connectivity index (χ2v) is 13.3. The summed E-state index contributed by atoms with van der Waals surface area (Å²) in [5, 5.41) is -0.861. The zero-order chi connectivity index (χ0) is 38.8. The third-order valence-corrected chi connectivity index (χ3v) is 10.4. The van der Waals surface area contributed by atoms with Gasteiger partial charge in [0.15, 0.2) is 64.7 Å². The Bertz CT molecular complexity index is 2060. The van der Waals surface area contributed by atoms with Gasteiger partial charge in [-0.25, -0.2) is 70.4 Å². The molecule has 5 aromatic rings. The van der Waals surface area contributed by atoms with E-state index in [0.29, 0.717) is 4.34 Å². The third kappa shape index (κ3) is 5.59. The highest BCUT2D eigenvalue weighted by Crippen LogP contribution is 2.45. The highest BCUT2D eigenvalue weighted by molar-refractivity contribution is 7.62. The zero-order valence-corrected chi connectivity index (χ0v) is 26.5. The van der Waals surface area contributed by atoms with Gasteiger partial charge in [-0.1, -0.05) is 34.6 Å². The summed E-state index contributed by atoms with van der Waals surface area (Å²) in [5.41, 5.74) is -8.91. The van der Waals surface area contributed by atoms with Crippen molar-refractivity contribution in [1.82, 2.24) is 0 Å². The normalized spacial score (nSPS) is 13.0. The average molecular weight is 774 g/mol. The van der Waals surface area contributed by atoms with Gasteiger partial charge < -0.3 is 9.34 Å². The van der Waals surface area contributed by atoms with E-state index in [1.807, 2.05) is 0 Å². The highest BCUT2D eigenvalue weighted by atomic mass is 31.2. The number of rotatable bonds is 8. The summed E-state index contributed by atoms with van der Waals surface area (Å²) >= 11 is 0. The Morgan fingerprint density at radius 3 is 1.06 bits per heavy atom. The van der Waals surface area contributed by atoms with Gasteiger partial charge in [-0.05, 0) is 12.1 Å². The number of hydrogen-bond donors (Lipinski definition) is 0. The molecule has 1 aromatic heterocycles. The molecule has 0 aliphatic carbocycles. The molecule has 0 spiro atoms. The summed E-state index contributed by atoms with van der Waals surface area (Å²) in [7, 11) is -2.99. The maximum absolute atomic E-state index is 16.0. The lowest BCUT2D eigenvalue weighted by Crippen LogP contribution is -2.75. The summed E-state index contributed by atoms with van der Waals surface area (Å²) in [6.07, 6.45) is -5.09. The number of hydrogen-bond acceptors (Lipinski definition) is 3. The fourth-order valence-electron chi connectivity index (χ4n) is 5.49. The minimum Gasteiger partial charge on any atom is -0.478 e. The van der Waals surface area contributed by atoms with E-state index in [0.717, 1.165) is 48.8 Å². The van der Waals surface area contributed by atoms with Crippen LogP contribution in [0, 0.1) is 87.3 Å². The molecule has 5 rings (SSSR count). The van der Waals surface area contributed by atoms with E-state index >= 15 is 30.9 Å². The van der Waals surface area contributed by atoms with Gasteiger partial charge in [0.2, 0.25) is 6.35 Å². The predicted molar refractivity (Wildman–Crippen MR) is 154 cm³/mol. The standard InChI is InChI=1S/C31H15BF15N2O2P/c1-48(2)12-8-10-49(11-9-12)52(50,13-6-4-3-5-7-13)51-32(14-17(33)23(39)29(45)24(40)18(14)34,15-19(35)25(41)30(46)26(42)20(15)36)16-21(37)27(43)31(47)28(44)22(16)38/h3-11H,1-2H3/t52-/m0/s1. The molecule has 1 atom stereocenters. The molecule has 0 radical (unpaired) electrons. The van der Waals surface area contributed by atoms with Crippen LogP contribution in [-0.4, -0.2) is 20.4 Å². The van der Waals surface area contributed by atoms with Crippen LogP contribution in [0.4, 0.5) is 71.5 Å². The molecular formula is C31H15BF15N2O2P. The fourth-order valence-corrected chi connectivity index (χ4v) is 7.77. The molecule has 0 saturated heterocycles. The van der Waals surface area contributed by atoms with Gasteiger partial charge in [-0.3, -0.25) is 0 Å². The summed E-state index contributed by atoms with van der Waals surface area (Å²) in [6.45, 7) is 0. The van der Waals surface area contributed by atoms with Gasteiger partial charge in [0.25, 0.3) is 0 Å². The largest absolute Gasteiger partial charge is 0.478 e. The predicted octanol–water partition coefficient (Wildman–Crippen LogP) is 6.18. The SMILES string of the molecule is CN(C)c1cc[n+]([P@@](=O)(O[B-](c2c(F)c(F)c(F)c(F)c2F)(c2c(F)c(F)c(F)c(F)c2F)c2c(F)c(F)c(F)c(F)c2F)c2ccccc2)cc1. The summed E-state index contributed by atoms with van der Waals surface area (Å²) < 4.78 is 250. The van der Waals surface area contributed by atoms with Crippen LogP contribution in [0.2, 0.25) is 0 Å². The van der Waals surface area contributed by atoms with E-state index in [4.69, 9.17) is 4.44 Å². The molecule has 0 unspecified atom stereocenters. The lowest BCUT2D eigenvalue weighted by molar-refractivity contribution is -0.525. The van der Waals surface area contributed by atoms with Crippen molar-refractivity contribution in [3.63, 3.8) is 0 Å². The first-order valence-corrected chi connectivity index (χ1v) is 15.6. The van der Waals surface area contributed by atoms with Crippen molar-refractivity contribution >= 4 is 41.2 Å². The van der Waals surface area contributed by atoms with Gasteiger partial charge >= 0.3 is 7.52 Å². The molecule has 0 aliphatic rings. The van der Waals surface area contributed by atoms with Crippen molar-refractivity contribution in [3.8, 4) is 0 Å². The minimum absolute atomic E-state index is 0.243. The molecule has 21 heteroatoms. The lowest BCUT2D eigenvalue weighted by Gasteiger charge is -2.44. The molecular weight excluding hydrogens is 759 g/mol. The van der Waals surface area contributed by atoms with Crippen LogP contribution in [0.3, 0.4) is 0 Å². The first-order valence-electron chi connectivity index (χ1n) is 14.0. The number of pyridine rings is 1. The first kappa shape index (κ1) is 38.3. The van der Waals surface area contributed by atoms with Crippen molar-refractivity contribution in [1.29, 1.82) is 0 Å². The van der Waals surface area contributed by atoms with Crippen LogP contribution in [0.15, 0.2) is 54.9 Å². The molecule has 52 heavy (non-hydrogen) atoms. The van der Waals surface area contributed by atoms with E-state index in [1.165, 1.54) is 25.1 Å². The van der Waals surface area contributed by atoms with Crippen molar-refractivity contribution in [3.05, 3.63) is 142 Å². The Morgan fingerprint density at radius 1 is 0.481 bits per heavy atom. The Kier molecular flexibility index (Phi) is 9.97. The fraction of sp³-hybridized carbons (Fsp3) is 0.0645. The smallest absolute Gasteiger partial charge is 0.448 e. The zero-order valence-electron chi connectivity index (χ0n) is 25.6. The first-order chi connectivity index (χ1) is 24.2. The van der Waals surface area contributed by atoms with E-state index < -0.39 is 123 Å². The maximum Gasteiger partial charge on any atom is 0.448 e. The van der Waals surface area contributed by atoms with Gasteiger partial charge in [-0.15, -0.1) is 4.34 Å². The van der Waals surface area contributed by atoms with Crippen LogP contribution in [-0.2, 0) is 9.01 Å². The van der Waals surface area contributed by atoms with Crippen molar-refractivity contribution < 1.29 is 79.2 Å². The molecule has 0 bridgehead atoms. The van der Waals surface area contributed by atoms with E-state index in [-0.39, 0.29) is 5.69 Å². The highest BCUT2D eigenvalue weighted by Gasteiger charge is 2.55. The topological polar surface area (TPSA) is 33.4 Å². The summed E-state index contributed by atoms with van der Waals surface area (Å²) in [4.78, 5) is 1.41. The summed E-state index contributed by atoms with van der Waals surface area (Å²) in [5.74, 6) is -48.4. The molecule has 0 saturated carbocycles. The maximum atomic E-state index is 16.0. The molecule has 4 aromatic carbocycles. The third-order valence-electron chi connectivity index (χ3n) is 7.95. The number of benzene rings is 4. The Labute approximate surface area is 281 Å². The van der Waals surface area contributed by atoms with Gasteiger partial charge in [0.05, 0.1) is 0 Å². The monoisotopic (exact) mass is 774 g/mol. The molecule has 0 fully saturated rings. The number of anilines is 1. The summed E-state index contributed by atoms with van der Waals surface area (Å²) in [6, 6.07) is 6.94. The molecule has 0 amide bonds.